The first kappa shape index (κ1) is 21.5. The Morgan fingerprint density at radius 1 is 1.28 bits per heavy atom. The Kier molecular flexibility index (Phi) is 6.70. The van der Waals surface area contributed by atoms with Crippen LogP contribution in [0.25, 0.3) is 5.70 Å². The molecule has 0 aliphatic carbocycles. The van der Waals surface area contributed by atoms with Crippen molar-refractivity contribution in [3.05, 3.63) is 53.2 Å². The molecule has 0 amide bonds. The number of aromatic nitrogens is 1. The van der Waals surface area contributed by atoms with Crippen molar-refractivity contribution in [3.63, 3.8) is 0 Å². The smallest absolute Gasteiger partial charge is 0.136 e. The molecule has 0 radical (unpaired) electrons. The van der Waals surface area contributed by atoms with Gasteiger partial charge in [0.15, 0.2) is 0 Å². The molecule has 1 saturated heterocycles. The van der Waals surface area contributed by atoms with E-state index in [1.54, 1.807) is 12.1 Å². The number of hydrogen-bond acceptors (Lipinski definition) is 5. The number of pyridine rings is 1. The summed E-state index contributed by atoms with van der Waals surface area (Å²) >= 11 is 5.89. The summed E-state index contributed by atoms with van der Waals surface area (Å²) in [5.41, 5.74) is 3.71. The lowest BCUT2D eigenvalue weighted by molar-refractivity contribution is 0.0674. The summed E-state index contributed by atoms with van der Waals surface area (Å²) in [5, 5.41) is 16.9. The van der Waals surface area contributed by atoms with Crippen LogP contribution in [0.3, 0.4) is 0 Å². The third-order valence-corrected chi connectivity index (χ3v) is 5.52. The SMILES string of the molecule is C=C(NCC1CCOCC1)c1cnc(Nc2ccc(Cl)c(O)c2)cc1C(C)(C)C. The fraction of sp³-hybridized carbons (Fsp3) is 0.435. The number of aromatic hydroxyl groups is 1. The summed E-state index contributed by atoms with van der Waals surface area (Å²) in [5.74, 6) is 1.36. The van der Waals surface area contributed by atoms with E-state index in [0.29, 0.717) is 16.8 Å². The molecule has 1 aromatic heterocycles. The van der Waals surface area contributed by atoms with Gasteiger partial charge < -0.3 is 20.5 Å². The van der Waals surface area contributed by atoms with Gasteiger partial charge in [0.2, 0.25) is 0 Å². The molecule has 2 aromatic rings. The fourth-order valence-corrected chi connectivity index (χ4v) is 3.55. The first-order valence-electron chi connectivity index (χ1n) is 10.0. The third kappa shape index (κ3) is 5.64. The van der Waals surface area contributed by atoms with Gasteiger partial charge in [0.05, 0.1) is 5.02 Å². The zero-order valence-corrected chi connectivity index (χ0v) is 18.1. The second-order valence-electron chi connectivity index (χ2n) is 8.57. The number of phenols is 1. The number of ether oxygens (including phenoxy) is 1. The average Bonchev–Trinajstić information content (AvgIpc) is 2.69. The van der Waals surface area contributed by atoms with Crippen molar-refractivity contribution < 1.29 is 9.84 Å². The standard InChI is InChI=1S/C23H30ClN3O2/c1-15(25-13-16-7-9-29-10-8-16)18-14-26-22(12-19(18)23(2,3)4)27-17-5-6-20(24)21(28)11-17/h5-6,11-12,14,16,25,28H,1,7-10,13H2,2-4H3,(H,26,27). The number of halogens is 1. The molecule has 3 N–H and O–H groups in total. The molecular formula is C23H30ClN3O2. The Balaban J connectivity index is 1.78. The largest absolute Gasteiger partial charge is 0.506 e. The normalized spacial score (nSPS) is 15.2. The van der Waals surface area contributed by atoms with Gasteiger partial charge in [-0.25, -0.2) is 4.98 Å². The van der Waals surface area contributed by atoms with Crippen molar-refractivity contribution >= 4 is 28.8 Å². The highest BCUT2D eigenvalue weighted by Crippen LogP contribution is 2.32. The minimum Gasteiger partial charge on any atom is -0.506 e. The van der Waals surface area contributed by atoms with Crippen LogP contribution in [0.2, 0.25) is 5.02 Å². The molecule has 1 aliphatic heterocycles. The highest BCUT2D eigenvalue weighted by atomic mass is 35.5. The molecule has 0 atom stereocenters. The molecule has 1 fully saturated rings. The molecule has 1 aromatic carbocycles. The van der Waals surface area contributed by atoms with Crippen molar-refractivity contribution in [1.29, 1.82) is 0 Å². The van der Waals surface area contributed by atoms with Gasteiger partial charge >= 0.3 is 0 Å². The summed E-state index contributed by atoms with van der Waals surface area (Å²) in [6.45, 7) is 13.4. The first-order chi connectivity index (χ1) is 13.7. The molecule has 3 rings (SSSR count). The second-order valence-corrected chi connectivity index (χ2v) is 8.98. The van der Waals surface area contributed by atoms with Crippen LogP contribution in [0.15, 0.2) is 37.0 Å². The minimum absolute atomic E-state index is 0.0371. The number of phenolic OH excluding ortho intramolecular Hbond substituents is 1. The molecule has 5 nitrogen and oxygen atoms in total. The quantitative estimate of drug-likeness (QED) is 0.583. The molecule has 1 aliphatic rings. The van der Waals surface area contributed by atoms with E-state index in [1.807, 2.05) is 18.3 Å². The van der Waals surface area contributed by atoms with Crippen LogP contribution in [-0.2, 0) is 10.2 Å². The van der Waals surface area contributed by atoms with Crippen LogP contribution in [0.5, 0.6) is 5.75 Å². The molecule has 0 unspecified atom stereocenters. The molecular weight excluding hydrogens is 386 g/mol. The Morgan fingerprint density at radius 2 is 2.00 bits per heavy atom. The topological polar surface area (TPSA) is 66.4 Å². The lowest BCUT2D eigenvalue weighted by atomic mass is 9.83. The van der Waals surface area contributed by atoms with E-state index < -0.39 is 0 Å². The van der Waals surface area contributed by atoms with Crippen LogP contribution in [0, 0.1) is 5.92 Å². The Morgan fingerprint density at radius 3 is 2.66 bits per heavy atom. The van der Waals surface area contributed by atoms with Crippen molar-refractivity contribution in [3.8, 4) is 5.75 Å². The van der Waals surface area contributed by atoms with E-state index in [-0.39, 0.29) is 11.2 Å². The summed E-state index contributed by atoms with van der Waals surface area (Å²) < 4.78 is 5.44. The van der Waals surface area contributed by atoms with Crippen molar-refractivity contribution in [2.75, 3.05) is 25.1 Å². The molecule has 2 heterocycles. The number of benzene rings is 1. The lowest BCUT2D eigenvalue weighted by Crippen LogP contribution is -2.27. The number of rotatable bonds is 6. The molecule has 0 spiro atoms. The predicted molar refractivity (Wildman–Crippen MR) is 120 cm³/mol. The molecule has 29 heavy (non-hydrogen) atoms. The van der Waals surface area contributed by atoms with E-state index >= 15 is 0 Å². The van der Waals surface area contributed by atoms with Crippen molar-refractivity contribution in [1.82, 2.24) is 10.3 Å². The van der Waals surface area contributed by atoms with Gasteiger partial charge in [-0.15, -0.1) is 0 Å². The molecule has 0 bridgehead atoms. The van der Waals surface area contributed by atoms with E-state index in [4.69, 9.17) is 16.3 Å². The average molecular weight is 416 g/mol. The fourth-order valence-electron chi connectivity index (χ4n) is 3.44. The summed E-state index contributed by atoms with van der Waals surface area (Å²) in [4.78, 5) is 4.57. The number of hydrogen-bond donors (Lipinski definition) is 3. The number of nitrogens with one attached hydrogen (secondary N) is 2. The van der Waals surface area contributed by atoms with E-state index in [1.165, 1.54) is 0 Å². The first-order valence-corrected chi connectivity index (χ1v) is 10.4. The van der Waals surface area contributed by atoms with Gasteiger partial charge in [-0.05, 0) is 47.9 Å². The highest BCUT2D eigenvalue weighted by molar-refractivity contribution is 6.32. The Bertz CT molecular complexity index is 871. The number of nitrogens with zero attached hydrogens (tertiary/aromatic N) is 1. The monoisotopic (exact) mass is 415 g/mol. The molecule has 6 heteroatoms. The van der Waals surface area contributed by atoms with Crippen LogP contribution >= 0.6 is 11.6 Å². The molecule has 0 saturated carbocycles. The van der Waals surface area contributed by atoms with Gasteiger partial charge in [-0.2, -0.15) is 0 Å². The molecule has 156 valence electrons. The summed E-state index contributed by atoms with van der Waals surface area (Å²) in [6.07, 6.45) is 4.03. The maximum absolute atomic E-state index is 9.83. The summed E-state index contributed by atoms with van der Waals surface area (Å²) in [6, 6.07) is 7.09. The maximum Gasteiger partial charge on any atom is 0.136 e. The van der Waals surface area contributed by atoms with E-state index in [9.17, 15) is 5.11 Å². The van der Waals surface area contributed by atoms with Crippen molar-refractivity contribution in [2.45, 2.75) is 39.0 Å². The number of anilines is 2. The van der Waals surface area contributed by atoms with Gasteiger partial charge in [0.1, 0.15) is 11.6 Å². The van der Waals surface area contributed by atoms with Crippen LogP contribution < -0.4 is 10.6 Å². The maximum atomic E-state index is 9.83. The zero-order chi connectivity index (χ0) is 21.0. The zero-order valence-electron chi connectivity index (χ0n) is 17.4. The highest BCUT2D eigenvalue weighted by Gasteiger charge is 2.21. The Labute approximate surface area is 178 Å². The van der Waals surface area contributed by atoms with Crippen LogP contribution in [0.4, 0.5) is 11.5 Å². The van der Waals surface area contributed by atoms with Crippen LogP contribution in [0.1, 0.15) is 44.7 Å². The lowest BCUT2D eigenvalue weighted by Gasteiger charge is -2.27. The second kappa shape index (κ2) is 9.06. The Hall–Kier alpha value is -2.24. The van der Waals surface area contributed by atoms with Gasteiger partial charge in [-0.3, -0.25) is 0 Å². The van der Waals surface area contributed by atoms with Crippen LogP contribution in [-0.4, -0.2) is 29.8 Å². The van der Waals surface area contributed by atoms with Gasteiger partial charge in [0.25, 0.3) is 0 Å². The van der Waals surface area contributed by atoms with Gasteiger partial charge in [0, 0.05) is 49.0 Å². The predicted octanol–water partition coefficient (Wildman–Crippen LogP) is 5.47. The van der Waals surface area contributed by atoms with Gasteiger partial charge in [-0.1, -0.05) is 39.0 Å². The van der Waals surface area contributed by atoms with Crippen molar-refractivity contribution in [2.24, 2.45) is 5.92 Å². The van der Waals surface area contributed by atoms with E-state index in [2.05, 4.69) is 43.0 Å². The van der Waals surface area contributed by atoms with E-state index in [0.717, 1.165) is 55.1 Å². The summed E-state index contributed by atoms with van der Waals surface area (Å²) in [7, 11) is 0. The minimum atomic E-state index is -0.0832. The third-order valence-electron chi connectivity index (χ3n) is 5.20.